The number of likely N-dealkylation sites (tertiary alicyclic amines) is 1. The first-order valence-electron chi connectivity index (χ1n) is 12.1. The highest BCUT2D eigenvalue weighted by Crippen LogP contribution is 2.45. The van der Waals surface area contributed by atoms with E-state index in [4.69, 9.17) is 5.26 Å². The molecular formula is C27H29F3N4O2. The number of hydrogen-bond donors (Lipinski definition) is 1. The summed E-state index contributed by atoms with van der Waals surface area (Å²) < 4.78 is 40.3. The molecule has 2 amide bonds. The zero-order valence-electron chi connectivity index (χ0n) is 20.4. The zero-order chi connectivity index (χ0) is 26.1. The minimum Gasteiger partial charge on any atom is -0.371 e. The minimum absolute atomic E-state index is 0.188. The number of hydrogen-bond acceptors (Lipinski definition) is 4. The number of carbonyl (C=O) groups excluding carboxylic acids is 2. The van der Waals surface area contributed by atoms with Gasteiger partial charge in [-0.3, -0.25) is 9.59 Å². The van der Waals surface area contributed by atoms with Crippen molar-refractivity contribution in [2.24, 2.45) is 5.41 Å². The predicted molar refractivity (Wildman–Crippen MR) is 129 cm³/mol. The second-order valence-electron chi connectivity index (χ2n) is 9.64. The van der Waals surface area contributed by atoms with E-state index in [-0.39, 0.29) is 17.2 Å². The van der Waals surface area contributed by atoms with Crippen molar-refractivity contribution < 1.29 is 22.8 Å². The summed E-state index contributed by atoms with van der Waals surface area (Å²) in [6, 6.07) is 12.2. The summed E-state index contributed by atoms with van der Waals surface area (Å²) in [5, 5.41) is 11.7. The summed E-state index contributed by atoms with van der Waals surface area (Å²) in [6.45, 7) is 3.46. The fourth-order valence-electron chi connectivity index (χ4n) is 5.38. The predicted octanol–water partition coefficient (Wildman–Crippen LogP) is 4.39. The second-order valence-corrected chi connectivity index (χ2v) is 9.64. The lowest BCUT2D eigenvalue weighted by Crippen LogP contribution is -2.45. The first-order chi connectivity index (χ1) is 17.1. The first-order valence-corrected chi connectivity index (χ1v) is 12.1. The Labute approximate surface area is 208 Å². The monoisotopic (exact) mass is 498 g/mol. The van der Waals surface area contributed by atoms with Gasteiger partial charge >= 0.3 is 6.18 Å². The van der Waals surface area contributed by atoms with Gasteiger partial charge in [0.1, 0.15) is 6.04 Å². The van der Waals surface area contributed by atoms with Crippen LogP contribution in [-0.2, 0) is 17.4 Å². The van der Waals surface area contributed by atoms with E-state index in [0.717, 1.165) is 18.1 Å². The molecule has 1 N–H and O–H groups in total. The van der Waals surface area contributed by atoms with Crippen LogP contribution in [0.25, 0.3) is 0 Å². The third-order valence-corrected chi connectivity index (χ3v) is 7.55. The zero-order valence-corrected chi connectivity index (χ0v) is 20.4. The van der Waals surface area contributed by atoms with Gasteiger partial charge in [0.15, 0.2) is 0 Å². The average molecular weight is 499 g/mol. The summed E-state index contributed by atoms with van der Waals surface area (Å²) in [6.07, 6.45) is -1.95. The summed E-state index contributed by atoms with van der Waals surface area (Å²) in [5.74, 6) is -0.401. The Morgan fingerprint density at radius 3 is 2.36 bits per heavy atom. The number of anilines is 1. The number of rotatable bonds is 4. The molecule has 4 rings (SSSR count). The Balaban J connectivity index is 1.52. The molecule has 0 saturated carbocycles. The van der Waals surface area contributed by atoms with E-state index >= 15 is 0 Å². The highest BCUT2D eigenvalue weighted by Gasteiger charge is 2.49. The van der Waals surface area contributed by atoms with Crippen LogP contribution in [0, 0.1) is 16.7 Å². The molecule has 2 aromatic rings. The van der Waals surface area contributed by atoms with Gasteiger partial charge in [-0.15, -0.1) is 0 Å². The number of aryl methyl sites for hydroxylation is 1. The molecule has 1 unspecified atom stereocenters. The largest absolute Gasteiger partial charge is 0.417 e. The molecular weight excluding hydrogens is 469 g/mol. The maximum absolute atomic E-state index is 13.4. The van der Waals surface area contributed by atoms with Gasteiger partial charge in [-0.25, -0.2) is 0 Å². The molecule has 2 fully saturated rings. The molecule has 36 heavy (non-hydrogen) atoms. The van der Waals surface area contributed by atoms with Crippen LogP contribution in [0.2, 0.25) is 0 Å². The van der Waals surface area contributed by atoms with Gasteiger partial charge in [0.25, 0.3) is 5.91 Å². The SMILES string of the molecule is CCc1ccc(C(=O)N2CC3(CCN(c4ccc(C#N)c(C(F)(F)F)c4)CC3)CC2C(=O)NC)cc1. The van der Waals surface area contributed by atoms with Crippen molar-refractivity contribution in [3.63, 3.8) is 0 Å². The number of nitrogens with one attached hydrogen (secondary N) is 1. The average Bonchev–Trinajstić information content (AvgIpc) is 3.26. The van der Waals surface area contributed by atoms with Gasteiger partial charge < -0.3 is 15.1 Å². The maximum atomic E-state index is 13.4. The van der Waals surface area contributed by atoms with Crippen molar-refractivity contribution in [3.8, 4) is 6.07 Å². The molecule has 1 spiro atoms. The normalized spacial score (nSPS) is 19.3. The van der Waals surface area contributed by atoms with Gasteiger partial charge in [-0.2, -0.15) is 18.4 Å². The molecule has 2 aromatic carbocycles. The number of halogens is 3. The van der Waals surface area contributed by atoms with E-state index in [2.05, 4.69) is 5.32 Å². The summed E-state index contributed by atoms with van der Waals surface area (Å²) in [4.78, 5) is 29.6. The van der Waals surface area contributed by atoms with Crippen molar-refractivity contribution >= 4 is 17.5 Å². The lowest BCUT2D eigenvalue weighted by atomic mass is 9.76. The van der Waals surface area contributed by atoms with Crippen LogP contribution in [0.4, 0.5) is 18.9 Å². The number of amides is 2. The molecule has 0 aliphatic carbocycles. The van der Waals surface area contributed by atoms with E-state index in [0.29, 0.717) is 50.1 Å². The molecule has 2 heterocycles. The second kappa shape index (κ2) is 9.84. The van der Waals surface area contributed by atoms with E-state index in [1.165, 1.54) is 6.07 Å². The van der Waals surface area contributed by atoms with Crippen molar-refractivity contribution in [1.29, 1.82) is 5.26 Å². The molecule has 0 radical (unpaired) electrons. The van der Waals surface area contributed by atoms with Gasteiger partial charge in [0.2, 0.25) is 5.91 Å². The number of nitrogens with zero attached hydrogens (tertiary/aromatic N) is 3. The van der Waals surface area contributed by atoms with Crippen LogP contribution < -0.4 is 10.2 Å². The Morgan fingerprint density at radius 1 is 1.14 bits per heavy atom. The Hall–Kier alpha value is -3.54. The molecule has 6 nitrogen and oxygen atoms in total. The summed E-state index contributed by atoms with van der Waals surface area (Å²) in [7, 11) is 1.55. The van der Waals surface area contributed by atoms with Crippen LogP contribution in [0.3, 0.4) is 0 Å². The molecule has 2 aliphatic heterocycles. The van der Waals surface area contributed by atoms with E-state index in [1.54, 1.807) is 36.2 Å². The molecule has 2 aliphatic rings. The number of nitriles is 1. The summed E-state index contributed by atoms with van der Waals surface area (Å²) in [5.41, 5.74) is 0.454. The number of benzene rings is 2. The fourth-order valence-corrected chi connectivity index (χ4v) is 5.38. The van der Waals surface area contributed by atoms with Crippen LogP contribution in [0.1, 0.15) is 53.2 Å². The minimum atomic E-state index is -4.61. The van der Waals surface area contributed by atoms with Gasteiger partial charge in [-0.1, -0.05) is 19.1 Å². The van der Waals surface area contributed by atoms with Crippen molar-refractivity contribution in [2.75, 3.05) is 31.6 Å². The Kier molecular flexibility index (Phi) is 6.98. The molecule has 2 saturated heterocycles. The molecule has 1 atom stereocenters. The fraction of sp³-hybridized carbons (Fsp3) is 0.444. The maximum Gasteiger partial charge on any atom is 0.417 e. The third-order valence-electron chi connectivity index (χ3n) is 7.55. The quantitative estimate of drug-likeness (QED) is 0.679. The van der Waals surface area contributed by atoms with Crippen molar-refractivity contribution in [1.82, 2.24) is 10.2 Å². The lowest BCUT2D eigenvalue weighted by molar-refractivity contribution is -0.137. The molecule has 9 heteroatoms. The number of likely N-dealkylation sites (N-methyl/N-ethyl adjacent to an activating group) is 1. The van der Waals surface area contributed by atoms with Crippen LogP contribution in [0.15, 0.2) is 42.5 Å². The number of alkyl halides is 3. The molecule has 0 aromatic heterocycles. The highest BCUT2D eigenvalue weighted by molar-refractivity contribution is 5.98. The van der Waals surface area contributed by atoms with Crippen LogP contribution in [0.5, 0.6) is 0 Å². The highest BCUT2D eigenvalue weighted by atomic mass is 19.4. The van der Waals surface area contributed by atoms with Gasteiger partial charge in [0, 0.05) is 37.9 Å². The number of piperidine rings is 1. The van der Waals surface area contributed by atoms with E-state index in [9.17, 15) is 22.8 Å². The van der Waals surface area contributed by atoms with E-state index in [1.807, 2.05) is 24.0 Å². The van der Waals surface area contributed by atoms with Gasteiger partial charge in [0.05, 0.1) is 17.2 Å². The van der Waals surface area contributed by atoms with Crippen molar-refractivity contribution in [3.05, 3.63) is 64.7 Å². The lowest BCUT2D eigenvalue weighted by Gasteiger charge is -2.40. The van der Waals surface area contributed by atoms with E-state index < -0.39 is 23.3 Å². The Morgan fingerprint density at radius 2 is 1.81 bits per heavy atom. The number of carbonyl (C=O) groups is 2. The summed E-state index contributed by atoms with van der Waals surface area (Å²) >= 11 is 0. The van der Waals surface area contributed by atoms with Crippen molar-refractivity contribution in [2.45, 2.75) is 44.8 Å². The smallest absolute Gasteiger partial charge is 0.371 e. The molecule has 0 bridgehead atoms. The van der Waals surface area contributed by atoms with Gasteiger partial charge in [-0.05, 0) is 67.0 Å². The topological polar surface area (TPSA) is 76.4 Å². The van der Waals surface area contributed by atoms with Crippen LogP contribution >= 0.6 is 0 Å². The first kappa shape index (κ1) is 25.5. The molecule has 190 valence electrons. The van der Waals surface area contributed by atoms with Crippen LogP contribution in [-0.4, -0.2) is 49.4 Å². The third kappa shape index (κ3) is 4.90. The Bertz CT molecular complexity index is 1180. The standard InChI is InChI=1S/C27H29F3N4O2/c1-3-18-4-6-19(7-5-18)25(36)34-17-26(15-23(34)24(35)32-2)10-12-33(13-11-26)21-9-8-20(16-31)22(14-21)27(28,29)30/h4-9,14,23H,3,10-13,15,17H2,1-2H3,(H,32,35).